The van der Waals surface area contributed by atoms with E-state index in [9.17, 15) is 14.9 Å². The monoisotopic (exact) mass is 451 g/mol. The fourth-order valence-corrected chi connectivity index (χ4v) is 3.84. The smallest absolute Gasteiger partial charge is 0.276 e. The van der Waals surface area contributed by atoms with Crippen molar-refractivity contribution >= 4 is 11.6 Å². The summed E-state index contributed by atoms with van der Waals surface area (Å²) in [6.07, 6.45) is 1.35. The molecule has 1 aliphatic heterocycles. The van der Waals surface area contributed by atoms with Crippen molar-refractivity contribution in [2.75, 3.05) is 19.7 Å². The van der Waals surface area contributed by atoms with Gasteiger partial charge in [0, 0.05) is 38.1 Å². The highest BCUT2D eigenvalue weighted by atomic mass is 16.6. The maximum absolute atomic E-state index is 13.1. The summed E-state index contributed by atoms with van der Waals surface area (Å²) in [5, 5.41) is 19.2. The van der Waals surface area contributed by atoms with Crippen LogP contribution >= 0.6 is 0 Å². The molecule has 4 rings (SSSR count). The van der Waals surface area contributed by atoms with Crippen LogP contribution in [0, 0.1) is 17.0 Å². The van der Waals surface area contributed by atoms with Gasteiger partial charge in [-0.3, -0.25) is 14.9 Å². The number of non-ortho nitro benzene ring substituents is 1. The van der Waals surface area contributed by atoms with Gasteiger partial charge in [-0.15, -0.1) is 5.10 Å². The number of carbonyl (C=O) groups is 1. The molecule has 0 radical (unpaired) electrons. The van der Waals surface area contributed by atoms with Crippen LogP contribution in [0.5, 0.6) is 11.5 Å². The number of para-hydroxylation sites is 2. The average Bonchev–Trinajstić information content (AvgIpc) is 3.22. The minimum absolute atomic E-state index is 0.0164. The van der Waals surface area contributed by atoms with Crippen LogP contribution in [-0.2, 0) is 0 Å². The van der Waals surface area contributed by atoms with Crippen molar-refractivity contribution in [3.05, 3.63) is 70.0 Å². The summed E-state index contributed by atoms with van der Waals surface area (Å²) >= 11 is 0. The summed E-state index contributed by atoms with van der Waals surface area (Å²) in [6, 6.07) is 13.6. The Morgan fingerprint density at radius 1 is 1.15 bits per heavy atom. The van der Waals surface area contributed by atoms with E-state index in [2.05, 4.69) is 10.3 Å². The molecule has 1 fully saturated rings. The molecule has 0 atom stereocenters. The van der Waals surface area contributed by atoms with Crippen molar-refractivity contribution in [3.63, 3.8) is 0 Å². The number of likely N-dealkylation sites (tertiary alicyclic amines) is 1. The van der Waals surface area contributed by atoms with Gasteiger partial charge in [-0.1, -0.05) is 23.4 Å². The van der Waals surface area contributed by atoms with Gasteiger partial charge in [0.2, 0.25) is 0 Å². The van der Waals surface area contributed by atoms with E-state index >= 15 is 0 Å². The molecule has 2 aromatic carbocycles. The van der Waals surface area contributed by atoms with Crippen LogP contribution in [0.3, 0.4) is 0 Å². The molecule has 10 heteroatoms. The van der Waals surface area contributed by atoms with E-state index in [0.717, 1.165) is 0 Å². The molecule has 0 saturated carbocycles. The van der Waals surface area contributed by atoms with E-state index in [4.69, 9.17) is 9.47 Å². The van der Waals surface area contributed by atoms with Gasteiger partial charge in [-0.05, 0) is 32.0 Å². The van der Waals surface area contributed by atoms with Crippen LogP contribution in [0.4, 0.5) is 5.69 Å². The van der Waals surface area contributed by atoms with E-state index in [1.807, 2.05) is 31.2 Å². The Labute approximate surface area is 190 Å². The molecule has 0 spiro atoms. The lowest BCUT2D eigenvalue weighted by Gasteiger charge is -2.32. The first-order chi connectivity index (χ1) is 16.0. The number of hydrogen-bond donors (Lipinski definition) is 0. The molecule has 1 amide bonds. The van der Waals surface area contributed by atoms with Crippen LogP contribution in [0.1, 0.15) is 35.9 Å². The fourth-order valence-electron chi connectivity index (χ4n) is 3.84. The molecule has 0 unspecified atom stereocenters. The van der Waals surface area contributed by atoms with Gasteiger partial charge in [0.25, 0.3) is 11.6 Å². The molecule has 1 saturated heterocycles. The van der Waals surface area contributed by atoms with Crippen molar-refractivity contribution in [3.8, 4) is 17.2 Å². The Balaban J connectivity index is 1.42. The number of ether oxygens (including phenoxy) is 2. The number of piperidine rings is 1. The summed E-state index contributed by atoms with van der Waals surface area (Å²) in [5.41, 5.74) is 1.20. The zero-order valence-corrected chi connectivity index (χ0v) is 18.5. The van der Waals surface area contributed by atoms with Crippen molar-refractivity contribution in [2.45, 2.75) is 32.8 Å². The Morgan fingerprint density at radius 2 is 1.88 bits per heavy atom. The number of aromatic nitrogens is 3. The third kappa shape index (κ3) is 4.79. The summed E-state index contributed by atoms with van der Waals surface area (Å²) in [5.74, 6) is 1.21. The minimum Gasteiger partial charge on any atom is -0.490 e. The third-order valence-electron chi connectivity index (χ3n) is 5.55. The zero-order valence-electron chi connectivity index (χ0n) is 18.5. The molecule has 10 nitrogen and oxygen atoms in total. The van der Waals surface area contributed by atoms with E-state index in [0.29, 0.717) is 55.4 Å². The van der Waals surface area contributed by atoms with Crippen LogP contribution in [0.2, 0.25) is 0 Å². The second kappa shape index (κ2) is 9.68. The molecular weight excluding hydrogens is 426 g/mol. The van der Waals surface area contributed by atoms with E-state index in [1.165, 1.54) is 16.8 Å². The first-order valence-corrected chi connectivity index (χ1v) is 10.8. The fraction of sp³-hybridized carbons (Fsp3) is 0.348. The summed E-state index contributed by atoms with van der Waals surface area (Å²) in [6.45, 7) is 5.28. The van der Waals surface area contributed by atoms with Crippen molar-refractivity contribution in [2.24, 2.45) is 0 Å². The first-order valence-electron chi connectivity index (χ1n) is 10.8. The maximum atomic E-state index is 13.1. The topological polar surface area (TPSA) is 113 Å². The Morgan fingerprint density at radius 3 is 2.58 bits per heavy atom. The molecule has 0 N–H and O–H groups in total. The lowest BCUT2D eigenvalue weighted by atomic mass is 10.1. The van der Waals surface area contributed by atoms with E-state index < -0.39 is 4.92 Å². The zero-order chi connectivity index (χ0) is 23.4. The maximum Gasteiger partial charge on any atom is 0.276 e. The number of nitro groups is 1. The second-order valence-corrected chi connectivity index (χ2v) is 7.70. The molecule has 1 aliphatic rings. The van der Waals surface area contributed by atoms with Gasteiger partial charge >= 0.3 is 0 Å². The highest BCUT2D eigenvalue weighted by molar-refractivity contribution is 5.93. The summed E-state index contributed by atoms with van der Waals surface area (Å²) < 4.78 is 13.2. The van der Waals surface area contributed by atoms with E-state index in [1.54, 1.807) is 24.0 Å². The number of benzene rings is 2. The molecule has 3 aromatic rings. The quantitative estimate of drug-likeness (QED) is 0.399. The molecule has 2 heterocycles. The second-order valence-electron chi connectivity index (χ2n) is 7.70. The van der Waals surface area contributed by atoms with Crippen molar-refractivity contribution < 1.29 is 19.2 Å². The Kier molecular flexibility index (Phi) is 6.53. The lowest BCUT2D eigenvalue weighted by Crippen LogP contribution is -2.42. The SMILES string of the molecule is CCOc1ccccc1OC1CCN(C(=O)c2nnn(-c3cccc([N+](=O)[O-])c3)c2C)CC1. The highest BCUT2D eigenvalue weighted by Gasteiger charge is 2.28. The number of amides is 1. The van der Waals surface area contributed by atoms with Gasteiger partial charge in [0.15, 0.2) is 17.2 Å². The number of rotatable bonds is 7. The van der Waals surface area contributed by atoms with Gasteiger partial charge in [-0.2, -0.15) is 0 Å². The first kappa shape index (κ1) is 22.3. The number of nitrogens with zero attached hydrogens (tertiary/aromatic N) is 5. The van der Waals surface area contributed by atoms with Crippen molar-refractivity contribution in [1.29, 1.82) is 0 Å². The van der Waals surface area contributed by atoms with Crippen molar-refractivity contribution in [1.82, 2.24) is 19.9 Å². The summed E-state index contributed by atoms with van der Waals surface area (Å²) in [4.78, 5) is 25.4. The third-order valence-corrected chi connectivity index (χ3v) is 5.55. The van der Waals surface area contributed by atoms with E-state index in [-0.39, 0.29) is 23.4 Å². The van der Waals surface area contributed by atoms with Gasteiger partial charge in [-0.25, -0.2) is 4.68 Å². The Bertz CT molecular complexity index is 1150. The average molecular weight is 451 g/mol. The number of carbonyl (C=O) groups excluding carboxylic acids is 1. The Hall–Kier alpha value is -3.95. The predicted octanol–water partition coefficient (Wildman–Crippen LogP) is 3.57. The van der Waals surface area contributed by atoms with Gasteiger partial charge in [0.05, 0.1) is 22.9 Å². The van der Waals surface area contributed by atoms with Crippen LogP contribution in [0.15, 0.2) is 48.5 Å². The van der Waals surface area contributed by atoms with Crippen LogP contribution < -0.4 is 9.47 Å². The standard InChI is InChI=1S/C23H25N5O5/c1-3-32-20-9-4-5-10-21(20)33-19-11-13-26(14-12-19)23(29)22-16(2)27(25-24-22)17-7-6-8-18(15-17)28(30)31/h4-10,15,19H,3,11-14H2,1-2H3. The largest absolute Gasteiger partial charge is 0.490 e. The molecular formula is C23H25N5O5. The normalized spacial score (nSPS) is 14.2. The summed E-state index contributed by atoms with van der Waals surface area (Å²) in [7, 11) is 0. The molecule has 172 valence electrons. The molecule has 1 aromatic heterocycles. The minimum atomic E-state index is -0.471. The van der Waals surface area contributed by atoms with Crippen LogP contribution in [0.25, 0.3) is 5.69 Å². The molecule has 0 aliphatic carbocycles. The van der Waals surface area contributed by atoms with Crippen LogP contribution in [-0.4, -0.2) is 56.5 Å². The highest BCUT2D eigenvalue weighted by Crippen LogP contribution is 2.29. The number of nitro benzene ring substituents is 1. The van der Waals surface area contributed by atoms with Gasteiger partial charge < -0.3 is 14.4 Å². The molecule has 33 heavy (non-hydrogen) atoms. The van der Waals surface area contributed by atoms with Gasteiger partial charge in [0.1, 0.15) is 6.10 Å². The lowest BCUT2D eigenvalue weighted by molar-refractivity contribution is -0.384. The number of hydrogen-bond acceptors (Lipinski definition) is 7. The molecule has 0 bridgehead atoms. The predicted molar refractivity (Wildman–Crippen MR) is 120 cm³/mol.